The van der Waals surface area contributed by atoms with Crippen molar-refractivity contribution < 1.29 is 4.79 Å². The van der Waals surface area contributed by atoms with Gasteiger partial charge < -0.3 is 10.6 Å². The number of carbonyl (C=O) groups is 1. The predicted octanol–water partition coefficient (Wildman–Crippen LogP) is 0.619. The molecule has 1 amide bonds. The Hall–Kier alpha value is -1.17. The second kappa shape index (κ2) is 4.36. The molecule has 0 bridgehead atoms. The molecule has 0 saturated carbocycles. The molecule has 2 N–H and O–H groups in total. The first-order chi connectivity index (χ1) is 6.86. The Balaban J connectivity index is 1.98. The van der Waals surface area contributed by atoms with Crippen LogP contribution in [0.4, 0.5) is 5.13 Å². The number of hydrogen-bond acceptors (Lipinski definition) is 5. The number of aromatic nitrogens is 2. The number of carbonyl (C=O) groups excluding carboxylic acids is 1. The second-order valence-electron chi connectivity index (χ2n) is 3.23. The third-order valence-electron chi connectivity index (χ3n) is 2.19. The number of nitrogens with one attached hydrogen (secondary N) is 2. The lowest BCUT2D eigenvalue weighted by Crippen LogP contribution is -2.37. The molecule has 76 valence electrons. The van der Waals surface area contributed by atoms with Crippen molar-refractivity contribution in [2.24, 2.45) is 0 Å². The Morgan fingerprint density at radius 1 is 1.57 bits per heavy atom. The minimum atomic E-state index is -0.148. The molecule has 1 aliphatic rings. The van der Waals surface area contributed by atoms with E-state index in [4.69, 9.17) is 0 Å². The molecular formula is C8H12N4OS. The topological polar surface area (TPSA) is 66.9 Å². The third kappa shape index (κ3) is 2.20. The lowest BCUT2D eigenvalue weighted by Gasteiger charge is -2.13. The van der Waals surface area contributed by atoms with Crippen molar-refractivity contribution in [2.45, 2.75) is 25.3 Å². The molecule has 6 heteroatoms. The van der Waals surface area contributed by atoms with E-state index >= 15 is 0 Å². The fraction of sp³-hybridized carbons (Fsp3) is 0.625. The predicted molar refractivity (Wildman–Crippen MR) is 54.2 cm³/mol. The van der Waals surface area contributed by atoms with Crippen molar-refractivity contribution in [3.05, 3.63) is 5.51 Å². The molecule has 1 fully saturated rings. The fourth-order valence-electron chi connectivity index (χ4n) is 1.46. The van der Waals surface area contributed by atoms with Crippen molar-refractivity contribution in [3.63, 3.8) is 0 Å². The molecule has 2 rings (SSSR count). The summed E-state index contributed by atoms with van der Waals surface area (Å²) in [6.07, 6.45) is 2.99. The van der Waals surface area contributed by atoms with E-state index in [2.05, 4.69) is 20.8 Å². The molecule has 0 radical (unpaired) electrons. The maximum Gasteiger partial charge on any atom is 0.242 e. The molecule has 1 unspecified atom stereocenters. The molecule has 0 aromatic carbocycles. The van der Waals surface area contributed by atoms with Gasteiger partial charge in [-0.2, -0.15) is 0 Å². The van der Waals surface area contributed by atoms with Crippen molar-refractivity contribution in [2.75, 3.05) is 11.9 Å². The van der Waals surface area contributed by atoms with Crippen molar-refractivity contribution in [3.8, 4) is 0 Å². The molecule has 1 aromatic heterocycles. The highest BCUT2D eigenvalue weighted by Crippen LogP contribution is 2.14. The smallest absolute Gasteiger partial charge is 0.242 e. The van der Waals surface area contributed by atoms with Gasteiger partial charge >= 0.3 is 0 Å². The minimum Gasteiger partial charge on any atom is -0.354 e. The first kappa shape index (κ1) is 9.39. The molecule has 14 heavy (non-hydrogen) atoms. The van der Waals surface area contributed by atoms with Gasteiger partial charge in [0.25, 0.3) is 0 Å². The fourth-order valence-corrected chi connectivity index (χ4v) is 1.96. The van der Waals surface area contributed by atoms with Crippen molar-refractivity contribution in [1.82, 2.24) is 15.5 Å². The van der Waals surface area contributed by atoms with Crippen molar-refractivity contribution >= 4 is 22.4 Å². The Labute approximate surface area is 85.9 Å². The summed E-state index contributed by atoms with van der Waals surface area (Å²) in [5.41, 5.74) is 1.65. The minimum absolute atomic E-state index is 0.0673. The standard InChI is InChI=1S/C8H12N4OS/c13-7-6(3-1-2-4-9-7)11-8-12-10-5-14-8/h5-6H,1-4H2,(H,9,13)(H,11,12). The van der Waals surface area contributed by atoms with Crippen LogP contribution in [0.25, 0.3) is 0 Å². The van der Waals surface area contributed by atoms with Crippen LogP contribution in [0.2, 0.25) is 0 Å². The Kier molecular flexibility index (Phi) is 2.93. The lowest BCUT2D eigenvalue weighted by atomic mass is 10.1. The Morgan fingerprint density at radius 2 is 2.50 bits per heavy atom. The lowest BCUT2D eigenvalue weighted by molar-refractivity contribution is -0.121. The van der Waals surface area contributed by atoms with Crippen LogP contribution in [0.5, 0.6) is 0 Å². The van der Waals surface area contributed by atoms with Gasteiger partial charge in [0.05, 0.1) is 0 Å². The van der Waals surface area contributed by atoms with Gasteiger partial charge in [0.1, 0.15) is 11.6 Å². The van der Waals surface area contributed by atoms with Gasteiger partial charge in [-0.05, 0) is 19.3 Å². The van der Waals surface area contributed by atoms with Crippen LogP contribution < -0.4 is 10.6 Å². The number of hydrogen-bond donors (Lipinski definition) is 2. The van der Waals surface area contributed by atoms with Gasteiger partial charge in [-0.15, -0.1) is 10.2 Å². The average Bonchev–Trinajstić information content (AvgIpc) is 2.60. The summed E-state index contributed by atoms with van der Waals surface area (Å²) in [6.45, 7) is 0.785. The molecule has 1 aliphatic heterocycles. The van der Waals surface area contributed by atoms with Crippen LogP contribution in [0.3, 0.4) is 0 Å². The molecule has 1 saturated heterocycles. The van der Waals surface area contributed by atoms with E-state index in [-0.39, 0.29) is 11.9 Å². The highest BCUT2D eigenvalue weighted by Gasteiger charge is 2.20. The molecule has 1 atom stereocenters. The molecule has 5 nitrogen and oxygen atoms in total. The summed E-state index contributed by atoms with van der Waals surface area (Å²) in [6, 6.07) is -0.148. The van der Waals surface area contributed by atoms with Crippen LogP contribution in [-0.4, -0.2) is 28.7 Å². The first-order valence-electron chi connectivity index (χ1n) is 4.66. The Bertz CT molecular complexity index is 300. The highest BCUT2D eigenvalue weighted by molar-refractivity contribution is 7.13. The zero-order chi connectivity index (χ0) is 9.80. The van der Waals surface area contributed by atoms with Gasteiger partial charge in [0, 0.05) is 6.54 Å². The van der Waals surface area contributed by atoms with E-state index < -0.39 is 0 Å². The number of rotatable bonds is 2. The van der Waals surface area contributed by atoms with E-state index in [9.17, 15) is 4.79 Å². The molecule has 0 spiro atoms. The summed E-state index contributed by atoms with van der Waals surface area (Å²) in [5.74, 6) is 0.0673. The largest absolute Gasteiger partial charge is 0.354 e. The SMILES string of the molecule is O=C1NCCCCC1Nc1nncs1. The molecule has 0 aliphatic carbocycles. The Morgan fingerprint density at radius 3 is 3.29 bits per heavy atom. The number of amides is 1. The maximum absolute atomic E-state index is 11.5. The summed E-state index contributed by atoms with van der Waals surface area (Å²) in [4.78, 5) is 11.5. The summed E-state index contributed by atoms with van der Waals surface area (Å²) in [5, 5.41) is 14.2. The van der Waals surface area contributed by atoms with Gasteiger partial charge in [0.15, 0.2) is 0 Å². The summed E-state index contributed by atoms with van der Waals surface area (Å²) >= 11 is 1.41. The van der Waals surface area contributed by atoms with E-state index in [1.165, 1.54) is 11.3 Å². The third-order valence-corrected chi connectivity index (χ3v) is 2.82. The van der Waals surface area contributed by atoms with E-state index in [0.717, 1.165) is 25.8 Å². The number of nitrogens with zero attached hydrogens (tertiary/aromatic N) is 2. The van der Waals surface area contributed by atoms with Crippen LogP contribution in [0.15, 0.2) is 5.51 Å². The van der Waals surface area contributed by atoms with Crippen LogP contribution in [0.1, 0.15) is 19.3 Å². The summed E-state index contributed by atoms with van der Waals surface area (Å²) < 4.78 is 0. The molecule has 2 heterocycles. The van der Waals surface area contributed by atoms with E-state index in [0.29, 0.717) is 5.13 Å². The second-order valence-corrected chi connectivity index (χ2v) is 4.06. The first-order valence-corrected chi connectivity index (χ1v) is 5.54. The summed E-state index contributed by atoms with van der Waals surface area (Å²) in [7, 11) is 0. The molecular weight excluding hydrogens is 200 g/mol. The quantitative estimate of drug-likeness (QED) is 0.754. The van der Waals surface area contributed by atoms with Crippen LogP contribution >= 0.6 is 11.3 Å². The highest BCUT2D eigenvalue weighted by atomic mass is 32.1. The monoisotopic (exact) mass is 212 g/mol. The van der Waals surface area contributed by atoms with Gasteiger partial charge in [0.2, 0.25) is 11.0 Å². The zero-order valence-corrected chi connectivity index (χ0v) is 8.51. The molecule has 1 aromatic rings. The number of anilines is 1. The normalized spacial score (nSPS) is 22.6. The van der Waals surface area contributed by atoms with Crippen LogP contribution in [-0.2, 0) is 4.79 Å². The van der Waals surface area contributed by atoms with E-state index in [1.807, 2.05) is 0 Å². The van der Waals surface area contributed by atoms with Crippen molar-refractivity contribution in [1.29, 1.82) is 0 Å². The maximum atomic E-state index is 11.5. The van der Waals surface area contributed by atoms with Gasteiger partial charge in [-0.3, -0.25) is 4.79 Å². The average molecular weight is 212 g/mol. The van der Waals surface area contributed by atoms with Gasteiger partial charge in [-0.1, -0.05) is 11.3 Å². The zero-order valence-electron chi connectivity index (χ0n) is 7.69. The van der Waals surface area contributed by atoms with E-state index in [1.54, 1.807) is 5.51 Å². The van der Waals surface area contributed by atoms with Gasteiger partial charge in [-0.25, -0.2) is 0 Å². The van der Waals surface area contributed by atoms with Crippen LogP contribution in [0, 0.1) is 0 Å².